The Hall–Kier alpha value is -4.95. The molecule has 8 heteroatoms. The van der Waals surface area contributed by atoms with Crippen molar-refractivity contribution in [1.29, 1.82) is 0 Å². The van der Waals surface area contributed by atoms with Crippen molar-refractivity contribution in [3.8, 4) is 11.5 Å². The molecule has 6 rings (SSSR count). The van der Waals surface area contributed by atoms with Crippen LogP contribution in [0.3, 0.4) is 0 Å². The van der Waals surface area contributed by atoms with Crippen molar-refractivity contribution in [2.45, 2.75) is 26.5 Å². The number of benzene rings is 4. The third-order valence-corrected chi connectivity index (χ3v) is 8.40. The molecule has 1 aliphatic rings. The number of ether oxygens (including phenoxy) is 3. The number of nitrogens with zero attached hydrogens (tertiary/aromatic N) is 2. The van der Waals surface area contributed by atoms with Crippen molar-refractivity contribution in [2.24, 2.45) is 4.99 Å². The summed E-state index contributed by atoms with van der Waals surface area (Å²) in [5, 5.41) is 2.30. The Balaban J connectivity index is 1.41. The van der Waals surface area contributed by atoms with E-state index in [1.807, 2.05) is 72.8 Å². The average Bonchev–Trinajstić information content (AvgIpc) is 3.33. The molecule has 1 aliphatic heterocycles. The predicted octanol–water partition coefficient (Wildman–Crippen LogP) is 5.54. The van der Waals surface area contributed by atoms with Gasteiger partial charge >= 0.3 is 5.97 Å². The Morgan fingerprint density at radius 1 is 0.977 bits per heavy atom. The Morgan fingerprint density at radius 2 is 1.72 bits per heavy atom. The Kier molecular flexibility index (Phi) is 7.94. The fraction of sp³-hybridized carbons (Fsp3) is 0.171. The zero-order valence-corrected chi connectivity index (χ0v) is 24.9. The summed E-state index contributed by atoms with van der Waals surface area (Å²) in [5.41, 5.74) is 3.21. The van der Waals surface area contributed by atoms with Gasteiger partial charge in [0.15, 0.2) is 4.80 Å². The molecule has 0 N–H and O–H groups in total. The summed E-state index contributed by atoms with van der Waals surface area (Å²) >= 11 is 1.28. The normalized spacial score (nSPS) is 14.8. The zero-order chi connectivity index (χ0) is 29.9. The first-order valence-corrected chi connectivity index (χ1v) is 14.8. The van der Waals surface area contributed by atoms with Crippen molar-refractivity contribution in [1.82, 2.24) is 4.57 Å². The molecular weight excluding hydrogens is 560 g/mol. The fourth-order valence-corrected chi connectivity index (χ4v) is 6.38. The molecule has 7 nitrogen and oxygen atoms in total. The standard InChI is InChI=1S/C35H30N2O5S/c1-4-41-34(39)31-22(2)36-35-37(32(31)24-16-18-27(40-3)19-17-24)33(38)30(43-35)20-25-11-6-8-15-29(25)42-21-26-13-9-12-23-10-5-7-14-28(23)26/h5-20,32H,4,21H2,1-3H3. The van der Waals surface area contributed by atoms with Crippen LogP contribution in [0.15, 0.2) is 112 Å². The van der Waals surface area contributed by atoms with Gasteiger partial charge < -0.3 is 14.2 Å². The number of esters is 1. The van der Waals surface area contributed by atoms with Crippen LogP contribution in [0.4, 0.5) is 0 Å². The first-order valence-electron chi connectivity index (χ1n) is 14.0. The van der Waals surface area contributed by atoms with E-state index in [-0.39, 0.29) is 12.2 Å². The van der Waals surface area contributed by atoms with Crippen molar-refractivity contribution in [3.05, 3.63) is 139 Å². The minimum absolute atomic E-state index is 0.213. The lowest BCUT2D eigenvalue weighted by Crippen LogP contribution is -2.39. The van der Waals surface area contributed by atoms with Crippen LogP contribution in [0.5, 0.6) is 11.5 Å². The molecule has 0 amide bonds. The molecule has 0 saturated carbocycles. The van der Waals surface area contributed by atoms with Gasteiger partial charge in [0, 0.05) is 5.56 Å². The molecule has 1 atom stereocenters. The van der Waals surface area contributed by atoms with Gasteiger partial charge in [-0.15, -0.1) is 0 Å². The molecular formula is C35H30N2O5S. The van der Waals surface area contributed by atoms with Gasteiger partial charge in [0.1, 0.15) is 18.1 Å². The number of methoxy groups -OCH3 is 1. The number of carbonyl (C=O) groups excluding carboxylic acids is 1. The van der Waals surface area contributed by atoms with Gasteiger partial charge in [-0.05, 0) is 60.0 Å². The zero-order valence-electron chi connectivity index (χ0n) is 24.1. The number of hydrogen-bond donors (Lipinski definition) is 0. The largest absolute Gasteiger partial charge is 0.497 e. The van der Waals surface area contributed by atoms with Crippen LogP contribution in [-0.4, -0.2) is 24.3 Å². The van der Waals surface area contributed by atoms with Crippen LogP contribution in [0, 0.1) is 0 Å². The summed E-state index contributed by atoms with van der Waals surface area (Å²) in [4.78, 5) is 32.4. The Morgan fingerprint density at radius 3 is 2.51 bits per heavy atom. The molecule has 216 valence electrons. The predicted molar refractivity (Wildman–Crippen MR) is 168 cm³/mol. The number of aromatic nitrogens is 1. The van der Waals surface area contributed by atoms with Crippen molar-refractivity contribution >= 4 is 34.2 Å². The van der Waals surface area contributed by atoms with E-state index >= 15 is 0 Å². The van der Waals surface area contributed by atoms with Crippen molar-refractivity contribution in [2.75, 3.05) is 13.7 Å². The summed E-state index contributed by atoms with van der Waals surface area (Å²) < 4.78 is 19.1. The van der Waals surface area contributed by atoms with E-state index in [0.717, 1.165) is 27.5 Å². The Bertz CT molecular complexity index is 2030. The molecule has 0 fully saturated rings. The lowest BCUT2D eigenvalue weighted by molar-refractivity contribution is -0.139. The highest BCUT2D eigenvalue weighted by Gasteiger charge is 2.33. The van der Waals surface area contributed by atoms with E-state index in [1.54, 1.807) is 25.5 Å². The number of rotatable bonds is 8. The van der Waals surface area contributed by atoms with Gasteiger partial charge in [0.25, 0.3) is 5.56 Å². The summed E-state index contributed by atoms with van der Waals surface area (Å²) in [6, 6.07) is 28.7. The summed E-state index contributed by atoms with van der Waals surface area (Å²) in [5.74, 6) is 0.844. The maximum Gasteiger partial charge on any atom is 0.338 e. The second-order valence-electron chi connectivity index (χ2n) is 10.0. The highest BCUT2D eigenvalue weighted by Crippen LogP contribution is 2.32. The van der Waals surface area contributed by atoms with Crippen molar-refractivity contribution in [3.63, 3.8) is 0 Å². The molecule has 1 aromatic heterocycles. The molecule has 0 radical (unpaired) electrons. The van der Waals surface area contributed by atoms with Gasteiger partial charge in [-0.2, -0.15) is 0 Å². The fourth-order valence-electron chi connectivity index (χ4n) is 5.34. The topological polar surface area (TPSA) is 79.1 Å². The van der Waals surface area contributed by atoms with Gasteiger partial charge in [0.2, 0.25) is 0 Å². The molecule has 4 aromatic carbocycles. The van der Waals surface area contributed by atoms with Crippen LogP contribution in [-0.2, 0) is 16.1 Å². The van der Waals surface area contributed by atoms with Gasteiger partial charge in [-0.3, -0.25) is 9.36 Å². The van der Waals surface area contributed by atoms with E-state index in [2.05, 4.69) is 29.3 Å². The van der Waals surface area contributed by atoms with Crippen LogP contribution < -0.4 is 24.4 Å². The smallest absolute Gasteiger partial charge is 0.338 e. The van der Waals surface area contributed by atoms with Gasteiger partial charge in [-0.1, -0.05) is 84.1 Å². The highest BCUT2D eigenvalue weighted by molar-refractivity contribution is 7.07. The number of thiazole rings is 1. The monoisotopic (exact) mass is 590 g/mol. The van der Waals surface area contributed by atoms with E-state index in [9.17, 15) is 9.59 Å². The minimum atomic E-state index is -0.693. The molecule has 0 aliphatic carbocycles. The second-order valence-corrected chi connectivity index (χ2v) is 11.0. The summed E-state index contributed by atoms with van der Waals surface area (Å²) in [6.07, 6.45) is 1.83. The molecule has 0 saturated heterocycles. The highest BCUT2D eigenvalue weighted by atomic mass is 32.1. The SMILES string of the molecule is CCOC(=O)C1=C(C)N=c2sc(=Cc3ccccc3OCc3cccc4ccccc34)c(=O)n2C1c1ccc(OC)cc1. The molecule has 1 unspecified atom stereocenters. The van der Waals surface area contributed by atoms with Gasteiger partial charge in [0.05, 0.1) is 35.6 Å². The number of hydrogen-bond acceptors (Lipinski definition) is 7. The van der Waals surface area contributed by atoms with Crippen LogP contribution in [0.1, 0.15) is 36.6 Å². The van der Waals surface area contributed by atoms with Crippen LogP contribution in [0.25, 0.3) is 16.8 Å². The number of allylic oxidation sites excluding steroid dienone is 1. The molecule has 0 spiro atoms. The maximum absolute atomic E-state index is 14.0. The van der Waals surface area contributed by atoms with E-state index in [4.69, 9.17) is 14.2 Å². The second kappa shape index (κ2) is 12.1. The lowest BCUT2D eigenvalue weighted by atomic mass is 9.96. The quantitative estimate of drug-likeness (QED) is 0.222. The molecule has 0 bridgehead atoms. The van der Waals surface area contributed by atoms with Crippen molar-refractivity contribution < 1.29 is 19.0 Å². The molecule has 2 heterocycles. The third kappa shape index (κ3) is 5.49. The summed E-state index contributed by atoms with van der Waals surface area (Å²) in [6.45, 7) is 4.12. The van der Waals surface area contributed by atoms with Gasteiger partial charge in [-0.25, -0.2) is 9.79 Å². The third-order valence-electron chi connectivity index (χ3n) is 7.42. The average molecular weight is 591 g/mol. The van der Waals surface area contributed by atoms with Crippen LogP contribution in [0.2, 0.25) is 0 Å². The summed E-state index contributed by atoms with van der Waals surface area (Å²) in [7, 11) is 1.59. The molecule has 5 aromatic rings. The first kappa shape index (κ1) is 28.2. The first-order chi connectivity index (χ1) is 21.0. The lowest BCUT2D eigenvalue weighted by Gasteiger charge is -2.24. The number of carbonyl (C=O) groups is 1. The van der Waals surface area contributed by atoms with Crippen LogP contribution >= 0.6 is 11.3 Å². The van der Waals surface area contributed by atoms with E-state index < -0.39 is 12.0 Å². The minimum Gasteiger partial charge on any atom is -0.497 e. The van der Waals surface area contributed by atoms with E-state index in [0.29, 0.717) is 38.7 Å². The molecule has 43 heavy (non-hydrogen) atoms. The van der Waals surface area contributed by atoms with E-state index in [1.165, 1.54) is 11.3 Å². The number of fused-ring (bicyclic) bond motifs is 2. The maximum atomic E-state index is 14.0. The Labute approximate surface area is 252 Å². The number of para-hydroxylation sites is 1.